The Morgan fingerprint density at radius 1 is 1.12 bits per heavy atom. The van der Waals surface area contributed by atoms with Gasteiger partial charge in [0, 0.05) is 11.6 Å². The van der Waals surface area contributed by atoms with Crippen LogP contribution < -0.4 is 24.2 Å². The van der Waals surface area contributed by atoms with Gasteiger partial charge in [-0.3, -0.25) is 4.79 Å². The van der Waals surface area contributed by atoms with E-state index >= 15 is 0 Å². The number of halogens is 1. The molecule has 2 aromatic carbocycles. The van der Waals surface area contributed by atoms with Gasteiger partial charge < -0.3 is 19.5 Å². The second-order valence-corrected chi connectivity index (χ2v) is 9.75. The number of unbranched alkanes of at least 4 members (excludes halogenated alkanes) is 1. The van der Waals surface area contributed by atoms with Crippen molar-refractivity contribution in [3.8, 4) is 17.2 Å². The molecule has 0 saturated heterocycles. The molecular weight excluding hydrogens is 468 g/mol. The first-order valence-corrected chi connectivity index (χ1v) is 12.8. The Bertz CT molecular complexity index is 1100. The molecule has 0 aliphatic heterocycles. The predicted octanol–water partition coefficient (Wildman–Crippen LogP) is 4.62. The number of amides is 1. The molecule has 2 N–H and O–H groups in total. The highest BCUT2D eigenvalue weighted by Gasteiger charge is 2.28. The van der Waals surface area contributed by atoms with E-state index in [1.54, 1.807) is 6.07 Å². The van der Waals surface area contributed by atoms with E-state index in [-0.39, 0.29) is 27.2 Å². The van der Waals surface area contributed by atoms with E-state index in [9.17, 15) is 13.2 Å². The maximum atomic E-state index is 13.0. The fourth-order valence-corrected chi connectivity index (χ4v) is 4.65. The Hall–Kier alpha value is -2.49. The predicted molar refractivity (Wildman–Crippen MR) is 127 cm³/mol. The lowest BCUT2D eigenvalue weighted by Crippen LogP contribution is -2.26. The maximum absolute atomic E-state index is 13.0. The van der Waals surface area contributed by atoms with Crippen LogP contribution in [-0.2, 0) is 10.0 Å². The van der Waals surface area contributed by atoms with Gasteiger partial charge in [0.15, 0.2) is 11.5 Å². The lowest BCUT2D eigenvalue weighted by Gasteiger charge is -2.16. The van der Waals surface area contributed by atoms with Gasteiger partial charge in [-0.2, -0.15) is 0 Å². The number of nitrogens with one attached hydrogen (secondary N) is 2. The minimum absolute atomic E-state index is 0.0349. The molecule has 180 valence electrons. The molecule has 2 aromatic rings. The van der Waals surface area contributed by atoms with Crippen LogP contribution in [0.4, 0.5) is 5.69 Å². The van der Waals surface area contributed by atoms with Gasteiger partial charge in [0.25, 0.3) is 5.91 Å². The van der Waals surface area contributed by atoms with Gasteiger partial charge in [-0.1, -0.05) is 24.9 Å². The average Bonchev–Trinajstić information content (AvgIpc) is 3.58. The SMILES string of the molecule is CCCCOc1c(Cl)cc(C(=O)Nc2cc(S(=O)(=O)NC3CC3)ccc2OC)cc1OCC. The van der Waals surface area contributed by atoms with E-state index < -0.39 is 15.9 Å². The van der Waals surface area contributed by atoms with E-state index in [1.807, 2.05) is 6.92 Å². The Morgan fingerprint density at radius 3 is 2.52 bits per heavy atom. The normalized spacial score (nSPS) is 13.5. The summed E-state index contributed by atoms with van der Waals surface area (Å²) >= 11 is 6.40. The maximum Gasteiger partial charge on any atom is 0.255 e. The van der Waals surface area contributed by atoms with Gasteiger partial charge in [-0.25, -0.2) is 13.1 Å². The Balaban J connectivity index is 1.87. The summed E-state index contributed by atoms with van der Waals surface area (Å²) in [6.45, 7) is 4.73. The third-order valence-corrected chi connectivity index (χ3v) is 6.74. The van der Waals surface area contributed by atoms with Gasteiger partial charge in [0.05, 0.1) is 35.9 Å². The van der Waals surface area contributed by atoms with Gasteiger partial charge in [-0.05, 0) is 56.5 Å². The summed E-state index contributed by atoms with van der Waals surface area (Å²) in [7, 11) is -2.26. The Labute approximate surface area is 199 Å². The first-order valence-electron chi connectivity index (χ1n) is 10.9. The molecule has 1 fully saturated rings. The number of hydrogen-bond donors (Lipinski definition) is 2. The molecule has 0 atom stereocenters. The second kappa shape index (κ2) is 11.1. The zero-order chi connectivity index (χ0) is 24.0. The summed E-state index contributed by atoms with van der Waals surface area (Å²) in [6.07, 6.45) is 3.47. The average molecular weight is 497 g/mol. The first-order chi connectivity index (χ1) is 15.8. The molecule has 1 aliphatic rings. The molecule has 33 heavy (non-hydrogen) atoms. The Morgan fingerprint density at radius 2 is 1.88 bits per heavy atom. The molecule has 0 aromatic heterocycles. The van der Waals surface area contributed by atoms with Crippen molar-refractivity contribution in [2.24, 2.45) is 0 Å². The van der Waals surface area contributed by atoms with Crippen LogP contribution in [0.1, 0.15) is 49.9 Å². The van der Waals surface area contributed by atoms with Crippen LogP contribution in [0.15, 0.2) is 35.2 Å². The number of sulfonamides is 1. The number of methoxy groups -OCH3 is 1. The van der Waals surface area contributed by atoms with Crippen LogP contribution in [0, 0.1) is 0 Å². The topological polar surface area (TPSA) is 103 Å². The monoisotopic (exact) mass is 496 g/mol. The van der Waals surface area contributed by atoms with E-state index in [1.165, 1.54) is 31.4 Å². The number of carbonyl (C=O) groups is 1. The number of carbonyl (C=O) groups excluding carboxylic acids is 1. The molecular formula is C23H29ClN2O6S. The molecule has 1 amide bonds. The van der Waals surface area contributed by atoms with Crippen molar-refractivity contribution < 1.29 is 27.4 Å². The summed E-state index contributed by atoms with van der Waals surface area (Å²) in [5, 5.41) is 2.97. The highest BCUT2D eigenvalue weighted by molar-refractivity contribution is 7.89. The van der Waals surface area contributed by atoms with E-state index in [0.29, 0.717) is 30.5 Å². The molecule has 0 bridgehead atoms. The fourth-order valence-electron chi connectivity index (χ4n) is 3.06. The summed E-state index contributed by atoms with van der Waals surface area (Å²) in [5.74, 6) is 0.578. The fraction of sp³-hybridized carbons (Fsp3) is 0.435. The molecule has 0 heterocycles. The van der Waals surface area contributed by atoms with Gasteiger partial charge in [0.2, 0.25) is 10.0 Å². The Kier molecular flexibility index (Phi) is 8.45. The number of hydrogen-bond acceptors (Lipinski definition) is 6. The lowest BCUT2D eigenvalue weighted by atomic mass is 10.1. The molecule has 0 spiro atoms. The largest absolute Gasteiger partial charge is 0.495 e. The zero-order valence-electron chi connectivity index (χ0n) is 18.9. The number of anilines is 1. The second-order valence-electron chi connectivity index (χ2n) is 7.63. The van der Waals surface area contributed by atoms with Crippen molar-refractivity contribution in [2.75, 3.05) is 25.6 Å². The standard InChI is InChI=1S/C23H29ClN2O6S/c1-4-6-11-32-22-18(24)12-15(13-21(22)31-5-2)23(27)25-19-14-17(9-10-20(19)30-3)33(28,29)26-16-7-8-16/h9-10,12-14,16,26H,4-8,11H2,1-3H3,(H,25,27). The highest BCUT2D eigenvalue weighted by Crippen LogP contribution is 2.37. The quantitative estimate of drug-likeness (QED) is 0.416. The molecule has 0 radical (unpaired) electrons. The van der Waals surface area contributed by atoms with Gasteiger partial charge >= 0.3 is 0 Å². The molecule has 1 aliphatic carbocycles. The van der Waals surface area contributed by atoms with Crippen molar-refractivity contribution in [3.05, 3.63) is 40.9 Å². The van der Waals surface area contributed by atoms with Crippen molar-refractivity contribution >= 4 is 33.2 Å². The van der Waals surface area contributed by atoms with Crippen LogP contribution in [-0.4, -0.2) is 40.7 Å². The van der Waals surface area contributed by atoms with Crippen LogP contribution in [0.5, 0.6) is 17.2 Å². The van der Waals surface area contributed by atoms with Crippen LogP contribution in [0.2, 0.25) is 5.02 Å². The molecule has 1 saturated carbocycles. The van der Waals surface area contributed by atoms with E-state index in [4.69, 9.17) is 25.8 Å². The smallest absolute Gasteiger partial charge is 0.255 e. The van der Waals surface area contributed by atoms with Crippen molar-refractivity contribution in [2.45, 2.75) is 50.5 Å². The third kappa shape index (κ3) is 6.52. The first kappa shape index (κ1) is 25.1. The minimum Gasteiger partial charge on any atom is -0.495 e. The summed E-state index contributed by atoms with van der Waals surface area (Å²) in [5.41, 5.74) is 0.455. The highest BCUT2D eigenvalue weighted by atomic mass is 35.5. The molecule has 10 heteroatoms. The van der Waals surface area contributed by atoms with Gasteiger partial charge in [0.1, 0.15) is 5.75 Å². The summed E-state index contributed by atoms with van der Waals surface area (Å²) in [4.78, 5) is 13.1. The lowest BCUT2D eigenvalue weighted by molar-refractivity contribution is 0.102. The van der Waals surface area contributed by atoms with Gasteiger partial charge in [-0.15, -0.1) is 0 Å². The van der Waals surface area contributed by atoms with E-state index in [2.05, 4.69) is 17.0 Å². The zero-order valence-corrected chi connectivity index (χ0v) is 20.5. The number of benzene rings is 2. The summed E-state index contributed by atoms with van der Waals surface area (Å²) < 4.78 is 44.5. The minimum atomic E-state index is -3.70. The van der Waals surface area contributed by atoms with Crippen molar-refractivity contribution in [1.29, 1.82) is 0 Å². The summed E-state index contributed by atoms with van der Waals surface area (Å²) in [6, 6.07) is 7.31. The van der Waals surface area contributed by atoms with Crippen LogP contribution in [0.3, 0.4) is 0 Å². The van der Waals surface area contributed by atoms with Crippen molar-refractivity contribution in [3.63, 3.8) is 0 Å². The number of rotatable bonds is 12. The molecule has 8 nitrogen and oxygen atoms in total. The number of ether oxygens (including phenoxy) is 3. The third-order valence-electron chi connectivity index (χ3n) is 4.94. The molecule has 3 rings (SSSR count). The van der Waals surface area contributed by atoms with E-state index in [0.717, 1.165) is 25.7 Å². The molecule has 0 unspecified atom stereocenters. The van der Waals surface area contributed by atoms with Crippen molar-refractivity contribution in [1.82, 2.24) is 4.72 Å². The van der Waals surface area contributed by atoms with Crippen LogP contribution >= 0.6 is 11.6 Å². The van der Waals surface area contributed by atoms with Crippen LogP contribution in [0.25, 0.3) is 0 Å².